The van der Waals surface area contributed by atoms with Gasteiger partial charge in [-0.25, -0.2) is 4.79 Å². The summed E-state index contributed by atoms with van der Waals surface area (Å²) in [6.07, 6.45) is -0.457. The van der Waals surface area contributed by atoms with Crippen molar-refractivity contribution in [1.82, 2.24) is 5.32 Å². The third-order valence-corrected chi connectivity index (χ3v) is 2.60. The van der Waals surface area contributed by atoms with Crippen molar-refractivity contribution in [2.45, 2.75) is 19.9 Å². The van der Waals surface area contributed by atoms with Crippen molar-refractivity contribution in [2.24, 2.45) is 0 Å². The van der Waals surface area contributed by atoms with Gasteiger partial charge >= 0.3 is 6.09 Å². The van der Waals surface area contributed by atoms with Gasteiger partial charge in [0.1, 0.15) is 0 Å². The minimum atomic E-state index is -0.457. The largest absolute Gasteiger partial charge is 0.450 e. The van der Waals surface area contributed by atoms with Crippen molar-refractivity contribution in [1.29, 1.82) is 0 Å². The Kier molecular flexibility index (Phi) is 4.90. The van der Waals surface area contributed by atoms with Crippen LogP contribution in [0.1, 0.15) is 25.5 Å². The standard InChI is InChI=1S/C11H13Cl2NO2/c1-3-16-11(15)14-7(2)9-5-4-8(12)6-10(9)13/h4-7H,3H2,1-2H3,(H,14,15). The van der Waals surface area contributed by atoms with Crippen LogP contribution in [0, 0.1) is 0 Å². The SMILES string of the molecule is CCOC(=O)NC(C)c1ccc(Cl)cc1Cl. The van der Waals surface area contributed by atoms with Crippen LogP contribution in [0.2, 0.25) is 10.0 Å². The number of nitrogens with one attached hydrogen (secondary N) is 1. The average Bonchev–Trinajstić information content (AvgIpc) is 2.17. The Morgan fingerprint density at radius 1 is 1.50 bits per heavy atom. The first-order valence-corrected chi connectivity index (χ1v) is 5.68. The molecule has 16 heavy (non-hydrogen) atoms. The number of rotatable bonds is 3. The molecule has 0 aliphatic heterocycles. The first-order chi connectivity index (χ1) is 7.54. The van der Waals surface area contributed by atoms with Crippen LogP contribution in [0.3, 0.4) is 0 Å². The minimum absolute atomic E-state index is 0.219. The quantitative estimate of drug-likeness (QED) is 0.899. The first kappa shape index (κ1) is 13.1. The zero-order valence-corrected chi connectivity index (χ0v) is 10.6. The molecule has 0 aliphatic carbocycles. The number of amides is 1. The highest BCUT2D eigenvalue weighted by molar-refractivity contribution is 6.35. The Bertz CT molecular complexity index is 382. The van der Waals surface area contributed by atoms with Gasteiger partial charge in [-0.15, -0.1) is 0 Å². The van der Waals surface area contributed by atoms with Crippen molar-refractivity contribution < 1.29 is 9.53 Å². The maximum absolute atomic E-state index is 11.2. The Morgan fingerprint density at radius 3 is 2.75 bits per heavy atom. The highest BCUT2D eigenvalue weighted by Gasteiger charge is 2.13. The molecule has 0 spiro atoms. The zero-order chi connectivity index (χ0) is 12.1. The number of ether oxygens (including phenoxy) is 1. The number of carbonyl (C=O) groups is 1. The molecule has 5 heteroatoms. The summed E-state index contributed by atoms with van der Waals surface area (Å²) in [5, 5.41) is 3.76. The predicted molar refractivity (Wildman–Crippen MR) is 65.0 cm³/mol. The number of halogens is 2. The molecule has 1 unspecified atom stereocenters. The van der Waals surface area contributed by atoms with Gasteiger partial charge in [0.25, 0.3) is 0 Å². The summed E-state index contributed by atoms with van der Waals surface area (Å²) in [5.74, 6) is 0. The molecule has 0 bridgehead atoms. The summed E-state index contributed by atoms with van der Waals surface area (Å²) in [5.41, 5.74) is 0.805. The summed E-state index contributed by atoms with van der Waals surface area (Å²) in [6, 6.07) is 4.93. The van der Waals surface area contributed by atoms with Crippen LogP contribution in [0.5, 0.6) is 0 Å². The van der Waals surface area contributed by atoms with Crippen LogP contribution in [0.25, 0.3) is 0 Å². The van der Waals surface area contributed by atoms with Gasteiger partial charge in [-0.05, 0) is 31.5 Å². The Balaban J connectivity index is 2.72. The van der Waals surface area contributed by atoms with E-state index in [2.05, 4.69) is 5.32 Å². The van der Waals surface area contributed by atoms with Gasteiger partial charge in [0.2, 0.25) is 0 Å². The van der Waals surface area contributed by atoms with Crippen molar-refractivity contribution >= 4 is 29.3 Å². The van der Waals surface area contributed by atoms with Crippen molar-refractivity contribution in [3.05, 3.63) is 33.8 Å². The Morgan fingerprint density at radius 2 is 2.19 bits per heavy atom. The second kappa shape index (κ2) is 5.97. The smallest absolute Gasteiger partial charge is 0.407 e. The summed E-state index contributed by atoms with van der Waals surface area (Å²) in [7, 11) is 0. The van der Waals surface area contributed by atoms with Gasteiger partial charge in [-0.1, -0.05) is 29.3 Å². The monoisotopic (exact) mass is 261 g/mol. The van der Waals surface area contributed by atoms with E-state index in [-0.39, 0.29) is 6.04 Å². The van der Waals surface area contributed by atoms with E-state index in [0.29, 0.717) is 16.7 Å². The molecule has 1 atom stereocenters. The Labute approximate surface area is 105 Å². The lowest BCUT2D eigenvalue weighted by Gasteiger charge is -2.15. The van der Waals surface area contributed by atoms with Crippen LogP contribution in [0.4, 0.5) is 4.79 Å². The molecule has 0 heterocycles. The molecule has 0 aliphatic rings. The zero-order valence-electron chi connectivity index (χ0n) is 9.09. The molecule has 1 amide bonds. The lowest BCUT2D eigenvalue weighted by molar-refractivity contribution is 0.149. The first-order valence-electron chi connectivity index (χ1n) is 4.92. The number of hydrogen-bond donors (Lipinski definition) is 1. The summed E-state index contributed by atoms with van der Waals surface area (Å²) < 4.78 is 4.78. The highest BCUT2D eigenvalue weighted by atomic mass is 35.5. The number of alkyl carbamates (subject to hydrolysis) is 1. The van der Waals surface area contributed by atoms with Crippen LogP contribution in [-0.4, -0.2) is 12.7 Å². The van der Waals surface area contributed by atoms with Gasteiger partial charge in [0.15, 0.2) is 0 Å². The normalized spacial score (nSPS) is 12.0. The van der Waals surface area contributed by atoms with E-state index in [1.807, 2.05) is 6.92 Å². The topological polar surface area (TPSA) is 38.3 Å². The third kappa shape index (κ3) is 3.58. The molecule has 1 aromatic carbocycles. The molecule has 88 valence electrons. The molecule has 1 aromatic rings. The van der Waals surface area contributed by atoms with Gasteiger partial charge < -0.3 is 10.1 Å². The van der Waals surface area contributed by atoms with Crippen molar-refractivity contribution in [2.75, 3.05) is 6.61 Å². The van der Waals surface area contributed by atoms with Crippen LogP contribution >= 0.6 is 23.2 Å². The maximum atomic E-state index is 11.2. The molecule has 0 radical (unpaired) electrons. The molecule has 3 nitrogen and oxygen atoms in total. The summed E-state index contributed by atoms with van der Waals surface area (Å²) in [4.78, 5) is 11.2. The molecular formula is C11H13Cl2NO2. The van der Waals surface area contributed by atoms with E-state index in [1.54, 1.807) is 25.1 Å². The van der Waals surface area contributed by atoms with Gasteiger partial charge in [0.05, 0.1) is 12.6 Å². The minimum Gasteiger partial charge on any atom is -0.450 e. The van der Waals surface area contributed by atoms with Crippen LogP contribution < -0.4 is 5.32 Å². The van der Waals surface area contributed by atoms with Gasteiger partial charge in [-0.2, -0.15) is 0 Å². The van der Waals surface area contributed by atoms with Crippen molar-refractivity contribution in [3.8, 4) is 0 Å². The third-order valence-electron chi connectivity index (χ3n) is 2.04. The molecule has 0 aromatic heterocycles. The fourth-order valence-electron chi connectivity index (χ4n) is 1.28. The van der Waals surface area contributed by atoms with E-state index in [0.717, 1.165) is 5.56 Å². The number of carbonyl (C=O) groups excluding carboxylic acids is 1. The maximum Gasteiger partial charge on any atom is 0.407 e. The molecule has 0 fully saturated rings. The fourth-order valence-corrected chi connectivity index (χ4v) is 1.85. The lowest BCUT2D eigenvalue weighted by Crippen LogP contribution is -2.27. The second-order valence-corrected chi connectivity index (χ2v) is 4.10. The highest BCUT2D eigenvalue weighted by Crippen LogP contribution is 2.25. The fraction of sp³-hybridized carbons (Fsp3) is 0.364. The van der Waals surface area contributed by atoms with E-state index in [4.69, 9.17) is 27.9 Å². The number of hydrogen-bond acceptors (Lipinski definition) is 2. The van der Waals surface area contributed by atoms with Gasteiger partial charge in [0, 0.05) is 10.0 Å². The molecule has 0 saturated heterocycles. The van der Waals surface area contributed by atoms with Crippen molar-refractivity contribution in [3.63, 3.8) is 0 Å². The average molecular weight is 262 g/mol. The molecule has 1 N–H and O–H groups in total. The summed E-state index contributed by atoms with van der Waals surface area (Å²) >= 11 is 11.8. The van der Waals surface area contributed by atoms with E-state index < -0.39 is 6.09 Å². The van der Waals surface area contributed by atoms with E-state index in [9.17, 15) is 4.79 Å². The Hall–Kier alpha value is -0.930. The summed E-state index contributed by atoms with van der Waals surface area (Å²) in [6.45, 7) is 3.92. The van der Waals surface area contributed by atoms with Crippen LogP contribution in [-0.2, 0) is 4.74 Å². The van der Waals surface area contributed by atoms with E-state index in [1.165, 1.54) is 0 Å². The molecular weight excluding hydrogens is 249 g/mol. The molecule has 0 saturated carbocycles. The van der Waals surface area contributed by atoms with Gasteiger partial charge in [-0.3, -0.25) is 0 Å². The predicted octanol–water partition coefficient (Wildman–Crippen LogP) is 3.80. The second-order valence-electron chi connectivity index (χ2n) is 3.25. The lowest BCUT2D eigenvalue weighted by atomic mass is 10.1. The number of benzene rings is 1. The molecule has 1 rings (SSSR count). The van der Waals surface area contributed by atoms with Crippen LogP contribution in [0.15, 0.2) is 18.2 Å². The van der Waals surface area contributed by atoms with E-state index >= 15 is 0 Å².